The van der Waals surface area contributed by atoms with E-state index in [2.05, 4.69) is 5.43 Å². The quantitative estimate of drug-likeness (QED) is 0.803. The summed E-state index contributed by atoms with van der Waals surface area (Å²) in [6.07, 6.45) is 4.98. The Kier molecular flexibility index (Phi) is 3.21. The maximum atomic E-state index is 12.5. The highest BCUT2D eigenvalue weighted by molar-refractivity contribution is 6.04. The van der Waals surface area contributed by atoms with Gasteiger partial charge in [-0.3, -0.25) is 15.0 Å². The molecule has 1 aromatic rings. The van der Waals surface area contributed by atoms with Gasteiger partial charge in [-0.2, -0.15) is 0 Å². The Bertz CT molecular complexity index is 636. The molecule has 108 valence electrons. The molecular weight excluding hydrogens is 272 g/mol. The van der Waals surface area contributed by atoms with Crippen LogP contribution in [0, 0.1) is 11.8 Å². The number of carboxylic acids is 1. The Labute approximate surface area is 121 Å². The highest BCUT2D eigenvalue weighted by Crippen LogP contribution is 2.32. The smallest absolute Gasteiger partial charge is 0.335 e. The van der Waals surface area contributed by atoms with Crippen molar-refractivity contribution in [3.05, 3.63) is 42.0 Å². The molecule has 0 aromatic heterocycles. The molecule has 0 saturated carbocycles. The number of carbonyl (C=O) groups excluding carboxylic acids is 2. The van der Waals surface area contributed by atoms with Crippen LogP contribution in [0.2, 0.25) is 0 Å². The van der Waals surface area contributed by atoms with Gasteiger partial charge in [0.2, 0.25) is 11.8 Å². The fraction of sp³-hybridized carbons (Fsp3) is 0.267. The maximum absolute atomic E-state index is 12.5. The molecule has 21 heavy (non-hydrogen) atoms. The third-order valence-corrected chi connectivity index (χ3v) is 3.90. The first-order valence-electron chi connectivity index (χ1n) is 6.71. The average molecular weight is 286 g/mol. The Balaban J connectivity index is 1.88. The fourth-order valence-electron chi connectivity index (χ4n) is 2.74. The molecular formula is C15H14N2O4. The summed E-state index contributed by atoms with van der Waals surface area (Å²) in [6, 6.07) is 5.84. The predicted molar refractivity (Wildman–Crippen MR) is 74.4 cm³/mol. The van der Waals surface area contributed by atoms with E-state index in [1.54, 1.807) is 0 Å². The van der Waals surface area contributed by atoms with Gasteiger partial charge in [0, 0.05) is 0 Å². The number of hydrazine groups is 1. The van der Waals surface area contributed by atoms with Crippen molar-refractivity contribution in [1.29, 1.82) is 0 Å². The van der Waals surface area contributed by atoms with E-state index in [0.717, 1.165) is 0 Å². The van der Waals surface area contributed by atoms with E-state index in [9.17, 15) is 14.4 Å². The molecule has 2 aliphatic rings. The molecule has 2 unspecified atom stereocenters. The van der Waals surface area contributed by atoms with Crippen LogP contribution in [0.15, 0.2) is 36.4 Å². The first-order chi connectivity index (χ1) is 10.1. The van der Waals surface area contributed by atoms with Crippen LogP contribution >= 0.6 is 0 Å². The third kappa shape index (κ3) is 2.29. The minimum Gasteiger partial charge on any atom is -0.478 e. The highest BCUT2D eigenvalue weighted by atomic mass is 16.4. The van der Waals surface area contributed by atoms with Gasteiger partial charge >= 0.3 is 5.97 Å². The van der Waals surface area contributed by atoms with Crippen molar-refractivity contribution in [3.8, 4) is 0 Å². The molecule has 2 N–H and O–H groups in total. The summed E-state index contributed by atoms with van der Waals surface area (Å²) in [5, 5.41) is 10.1. The molecule has 1 heterocycles. The molecule has 0 radical (unpaired) electrons. The second-order valence-electron chi connectivity index (χ2n) is 5.16. The number of hydrogen-bond acceptors (Lipinski definition) is 3. The number of rotatable bonds is 2. The number of allylic oxidation sites excluding steroid dienone is 2. The van der Waals surface area contributed by atoms with Gasteiger partial charge in [0.1, 0.15) is 0 Å². The normalized spacial score (nSPS) is 24.5. The van der Waals surface area contributed by atoms with Crippen LogP contribution in [0.5, 0.6) is 0 Å². The SMILES string of the molecule is O=C(O)c1ccc(N2NC(=O)C3CC=CCC3C2=O)cc1. The molecule has 6 heteroatoms. The number of nitrogens with one attached hydrogen (secondary N) is 1. The van der Waals surface area contributed by atoms with Crippen LogP contribution < -0.4 is 10.4 Å². The molecule has 1 fully saturated rings. The molecule has 1 saturated heterocycles. The summed E-state index contributed by atoms with van der Waals surface area (Å²) >= 11 is 0. The lowest BCUT2D eigenvalue weighted by atomic mass is 9.80. The highest BCUT2D eigenvalue weighted by Gasteiger charge is 2.42. The summed E-state index contributed by atoms with van der Waals surface area (Å²) < 4.78 is 0. The third-order valence-electron chi connectivity index (χ3n) is 3.90. The number of amides is 2. The molecule has 1 aromatic carbocycles. The van der Waals surface area contributed by atoms with Crippen molar-refractivity contribution in [3.63, 3.8) is 0 Å². The average Bonchev–Trinajstić information content (AvgIpc) is 2.51. The topological polar surface area (TPSA) is 86.7 Å². The lowest BCUT2D eigenvalue weighted by molar-refractivity contribution is -0.139. The number of hydrogen-bond donors (Lipinski definition) is 2. The zero-order chi connectivity index (χ0) is 15.0. The zero-order valence-corrected chi connectivity index (χ0v) is 11.2. The van der Waals surface area contributed by atoms with Crippen LogP contribution in [-0.2, 0) is 9.59 Å². The van der Waals surface area contributed by atoms with Gasteiger partial charge in [-0.25, -0.2) is 9.80 Å². The largest absolute Gasteiger partial charge is 0.478 e. The van der Waals surface area contributed by atoms with Crippen molar-refractivity contribution in [2.75, 3.05) is 5.01 Å². The van der Waals surface area contributed by atoms with E-state index >= 15 is 0 Å². The molecule has 0 bridgehead atoms. The van der Waals surface area contributed by atoms with Gasteiger partial charge in [-0.15, -0.1) is 0 Å². The maximum Gasteiger partial charge on any atom is 0.335 e. The second kappa shape index (κ2) is 5.05. The number of aromatic carboxylic acids is 1. The first kappa shape index (κ1) is 13.4. The summed E-state index contributed by atoms with van der Waals surface area (Å²) in [5.41, 5.74) is 3.19. The van der Waals surface area contributed by atoms with Gasteiger partial charge in [-0.1, -0.05) is 12.2 Å². The molecule has 3 rings (SSSR count). The van der Waals surface area contributed by atoms with Gasteiger partial charge in [0.25, 0.3) is 0 Å². The standard InChI is InChI=1S/C15H14N2O4/c18-13-11-3-1-2-4-12(11)14(19)17(16-13)10-7-5-9(6-8-10)15(20)21/h1-2,5-8,11-12H,3-4H2,(H,16,18)(H,20,21). The van der Waals surface area contributed by atoms with Crippen molar-refractivity contribution in [2.24, 2.45) is 11.8 Å². The summed E-state index contributed by atoms with van der Waals surface area (Å²) in [7, 11) is 0. The summed E-state index contributed by atoms with van der Waals surface area (Å²) in [5.74, 6) is -2.02. The number of benzene rings is 1. The Morgan fingerprint density at radius 3 is 2.33 bits per heavy atom. The lowest BCUT2D eigenvalue weighted by Gasteiger charge is -2.38. The Hall–Kier alpha value is -2.63. The van der Waals surface area contributed by atoms with E-state index in [0.29, 0.717) is 18.5 Å². The molecule has 1 aliphatic carbocycles. The van der Waals surface area contributed by atoms with Gasteiger partial charge in [0.15, 0.2) is 0 Å². The van der Waals surface area contributed by atoms with E-state index in [1.807, 2.05) is 12.2 Å². The molecule has 1 aliphatic heterocycles. The fourth-order valence-corrected chi connectivity index (χ4v) is 2.74. The van der Waals surface area contributed by atoms with Crippen molar-refractivity contribution < 1.29 is 19.5 Å². The summed E-state index contributed by atoms with van der Waals surface area (Å²) in [6.45, 7) is 0. The summed E-state index contributed by atoms with van der Waals surface area (Å²) in [4.78, 5) is 35.4. The van der Waals surface area contributed by atoms with Crippen molar-refractivity contribution in [2.45, 2.75) is 12.8 Å². The van der Waals surface area contributed by atoms with Crippen LogP contribution in [0.4, 0.5) is 5.69 Å². The molecule has 6 nitrogen and oxygen atoms in total. The number of fused-ring (bicyclic) bond motifs is 1. The van der Waals surface area contributed by atoms with E-state index < -0.39 is 5.97 Å². The van der Waals surface area contributed by atoms with E-state index in [4.69, 9.17) is 5.11 Å². The van der Waals surface area contributed by atoms with Crippen molar-refractivity contribution >= 4 is 23.5 Å². The molecule has 2 atom stereocenters. The van der Waals surface area contributed by atoms with E-state index in [-0.39, 0.29) is 29.2 Å². The minimum atomic E-state index is -1.03. The van der Waals surface area contributed by atoms with Crippen LogP contribution in [0.3, 0.4) is 0 Å². The number of carboxylic acid groups (broad SMARTS) is 1. The number of nitrogens with zero attached hydrogens (tertiary/aromatic N) is 1. The van der Waals surface area contributed by atoms with Gasteiger partial charge in [0.05, 0.1) is 23.1 Å². The van der Waals surface area contributed by atoms with Gasteiger partial charge < -0.3 is 5.11 Å². The Morgan fingerprint density at radius 2 is 1.71 bits per heavy atom. The van der Waals surface area contributed by atoms with Crippen molar-refractivity contribution in [1.82, 2.24) is 5.43 Å². The van der Waals surface area contributed by atoms with Crippen LogP contribution in [-0.4, -0.2) is 22.9 Å². The Morgan fingerprint density at radius 1 is 1.10 bits per heavy atom. The van der Waals surface area contributed by atoms with E-state index in [1.165, 1.54) is 29.3 Å². The second-order valence-corrected chi connectivity index (χ2v) is 5.16. The lowest BCUT2D eigenvalue weighted by Crippen LogP contribution is -2.59. The zero-order valence-electron chi connectivity index (χ0n) is 11.2. The van der Waals surface area contributed by atoms with Crippen LogP contribution in [0.25, 0.3) is 0 Å². The molecule has 0 spiro atoms. The minimum absolute atomic E-state index is 0.132. The van der Waals surface area contributed by atoms with Crippen LogP contribution in [0.1, 0.15) is 23.2 Å². The monoisotopic (exact) mass is 286 g/mol. The van der Waals surface area contributed by atoms with Gasteiger partial charge in [-0.05, 0) is 37.1 Å². The number of carbonyl (C=O) groups is 3. The number of anilines is 1. The molecule has 2 amide bonds. The first-order valence-corrected chi connectivity index (χ1v) is 6.71. The predicted octanol–water partition coefficient (Wildman–Crippen LogP) is 1.34.